The van der Waals surface area contributed by atoms with Gasteiger partial charge in [0.1, 0.15) is 5.82 Å². The van der Waals surface area contributed by atoms with E-state index in [1.165, 1.54) is 22.5 Å². The van der Waals surface area contributed by atoms with Crippen LogP contribution in [-0.2, 0) is 23.0 Å². The highest BCUT2D eigenvalue weighted by Crippen LogP contribution is 2.35. The Morgan fingerprint density at radius 1 is 0.971 bits per heavy atom. The van der Waals surface area contributed by atoms with E-state index in [0.717, 1.165) is 44.5 Å². The van der Waals surface area contributed by atoms with Crippen molar-refractivity contribution >= 4 is 27.6 Å². The van der Waals surface area contributed by atoms with Crippen LogP contribution >= 0.6 is 11.6 Å². The zero-order valence-corrected chi connectivity index (χ0v) is 20.3. The van der Waals surface area contributed by atoms with Crippen LogP contribution in [0.3, 0.4) is 0 Å². The molecular weight excluding hydrogens is 498 g/mol. The highest BCUT2D eigenvalue weighted by Gasteiger charge is 2.33. The molecule has 35 heavy (non-hydrogen) atoms. The minimum atomic E-state index is -3.86. The molecule has 0 saturated carbocycles. The average Bonchev–Trinajstić information content (AvgIpc) is 2.86. The Kier molecular flexibility index (Phi) is 6.61. The molecule has 3 heterocycles. The van der Waals surface area contributed by atoms with E-state index in [1.54, 1.807) is 12.1 Å². The summed E-state index contributed by atoms with van der Waals surface area (Å²) in [4.78, 5) is 11.4. The van der Waals surface area contributed by atoms with Crippen LogP contribution in [0.15, 0.2) is 47.4 Å². The van der Waals surface area contributed by atoms with Crippen LogP contribution in [0.25, 0.3) is 0 Å². The van der Waals surface area contributed by atoms with Gasteiger partial charge in [0.15, 0.2) is 11.6 Å². The van der Waals surface area contributed by atoms with Crippen LogP contribution < -0.4 is 9.64 Å². The molecule has 184 valence electrons. The van der Waals surface area contributed by atoms with Gasteiger partial charge in [-0.25, -0.2) is 22.2 Å². The van der Waals surface area contributed by atoms with E-state index in [4.69, 9.17) is 21.3 Å². The summed E-state index contributed by atoms with van der Waals surface area (Å²) in [6.45, 7) is 1.74. The van der Waals surface area contributed by atoms with Crippen LogP contribution in [0.5, 0.6) is 11.6 Å². The third kappa shape index (κ3) is 4.96. The molecule has 0 aliphatic carbocycles. The van der Waals surface area contributed by atoms with E-state index in [-0.39, 0.29) is 29.6 Å². The Morgan fingerprint density at radius 2 is 1.77 bits per heavy atom. The van der Waals surface area contributed by atoms with Crippen LogP contribution in [0.4, 0.5) is 14.7 Å². The minimum absolute atomic E-state index is 0.0530. The molecule has 0 N–H and O–H groups in total. The topological polar surface area (TPSA) is 75.6 Å². The number of piperidine rings is 1. The third-order valence-electron chi connectivity index (χ3n) is 6.15. The van der Waals surface area contributed by atoms with E-state index < -0.39 is 21.7 Å². The van der Waals surface area contributed by atoms with Crippen molar-refractivity contribution in [2.75, 3.05) is 24.5 Å². The molecule has 3 aromatic rings. The fraction of sp³-hybridized carbons (Fsp3) is 0.333. The molecule has 5 rings (SSSR count). The van der Waals surface area contributed by atoms with Gasteiger partial charge >= 0.3 is 0 Å². The van der Waals surface area contributed by atoms with Gasteiger partial charge in [0, 0.05) is 43.7 Å². The Bertz CT molecular complexity index is 1370. The largest absolute Gasteiger partial charge is 0.435 e. The van der Waals surface area contributed by atoms with Gasteiger partial charge in [-0.05, 0) is 49.6 Å². The van der Waals surface area contributed by atoms with Crippen molar-refractivity contribution in [1.82, 2.24) is 14.3 Å². The zero-order valence-electron chi connectivity index (χ0n) is 18.8. The molecule has 11 heteroatoms. The van der Waals surface area contributed by atoms with Crippen LogP contribution in [0.1, 0.15) is 30.5 Å². The van der Waals surface area contributed by atoms with Gasteiger partial charge < -0.3 is 9.64 Å². The number of sulfonamides is 1. The predicted molar refractivity (Wildman–Crippen MR) is 127 cm³/mol. The van der Waals surface area contributed by atoms with Gasteiger partial charge in [-0.2, -0.15) is 9.29 Å². The van der Waals surface area contributed by atoms with Gasteiger partial charge in [-0.1, -0.05) is 17.7 Å². The molecular formula is C24H23ClF2N4O3S. The number of hydrogen-bond acceptors (Lipinski definition) is 6. The first-order valence-corrected chi connectivity index (χ1v) is 13.2. The highest BCUT2D eigenvalue weighted by atomic mass is 35.5. The highest BCUT2D eigenvalue weighted by molar-refractivity contribution is 7.89. The maximum Gasteiger partial charge on any atom is 0.243 e. The van der Waals surface area contributed by atoms with E-state index in [1.807, 2.05) is 4.90 Å². The van der Waals surface area contributed by atoms with Crippen molar-refractivity contribution in [2.24, 2.45) is 0 Å². The molecule has 2 aliphatic heterocycles. The van der Waals surface area contributed by atoms with Crippen LogP contribution in [0.2, 0.25) is 5.02 Å². The maximum absolute atomic E-state index is 14.4. The molecule has 2 aliphatic rings. The zero-order chi connectivity index (χ0) is 24.6. The summed E-state index contributed by atoms with van der Waals surface area (Å²) in [6, 6.07) is 9.06. The molecule has 2 aromatic carbocycles. The quantitative estimate of drug-likeness (QED) is 0.474. The summed E-state index contributed by atoms with van der Waals surface area (Å²) < 4.78 is 61.6. The lowest BCUT2D eigenvalue weighted by Gasteiger charge is -2.31. The number of fused-ring (bicyclic) bond motifs is 1. The number of aromatic nitrogens is 2. The molecule has 0 bridgehead atoms. The molecule has 1 aromatic heterocycles. The van der Waals surface area contributed by atoms with Gasteiger partial charge in [0.25, 0.3) is 0 Å². The summed E-state index contributed by atoms with van der Waals surface area (Å²) in [7, 11) is -3.86. The van der Waals surface area contributed by atoms with Crippen molar-refractivity contribution in [3.8, 4) is 11.6 Å². The van der Waals surface area contributed by atoms with Crippen molar-refractivity contribution in [2.45, 2.75) is 37.1 Å². The number of nitrogens with zero attached hydrogens (tertiary/aromatic N) is 4. The van der Waals surface area contributed by atoms with Gasteiger partial charge in [-0.15, -0.1) is 0 Å². The summed E-state index contributed by atoms with van der Waals surface area (Å²) >= 11 is 6.01. The van der Waals surface area contributed by atoms with Crippen molar-refractivity contribution in [1.29, 1.82) is 0 Å². The first-order chi connectivity index (χ1) is 16.8. The summed E-state index contributed by atoms with van der Waals surface area (Å²) in [5.74, 6) is -1.28. The number of hydrogen-bond donors (Lipinski definition) is 0. The summed E-state index contributed by atoms with van der Waals surface area (Å²) in [5.41, 5.74) is 1.10. The van der Waals surface area contributed by atoms with E-state index in [2.05, 4.69) is 4.98 Å². The molecule has 0 unspecified atom stereocenters. The molecule has 0 amide bonds. The number of anilines is 1. The lowest BCUT2D eigenvalue weighted by atomic mass is 10.1. The fourth-order valence-electron chi connectivity index (χ4n) is 4.31. The second-order valence-electron chi connectivity index (χ2n) is 8.52. The first-order valence-electron chi connectivity index (χ1n) is 11.3. The lowest BCUT2D eigenvalue weighted by molar-refractivity contribution is 0.363. The van der Waals surface area contributed by atoms with Crippen molar-refractivity contribution < 1.29 is 21.9 Å². The first kappa shape index (κ1) is 23.9. The smallest absolute Gasteiger partial charge is 0.243 e. The second kappa shape index (κ2) is 9.67. The SMILES string of the molecule is O=S(=O)(c1cccc(Cl)c1)N1CCc2nc(N3CCCCC3)nc(Oc3ccc(F)cc3F)c2C1. The molecule has 1 saturated heterocycles. The van der Waals surface area contributed by atoms with Gasteiger partial charge in [-0.3, -0.25) is 0 Å². The standard InChI is InChI=1S/C24H23ClF2N4O3S/c25-16-5-4-6-18(13-16)35(32,33)31-12-9-21-19(15-31)23(34-22-8-7-17(26)14-20(22)27)29-24(28-21)30-10-2-1-3-11-30/h4-8,13-14H,1-3,9-12,15H2. The van der Waals surface area contributed by atoms with Gasteiger partial charge in [0.2, 0.25) is 21.9 Å². The second-order valence-corrected chi connectivity index (χ2v) is 10.9. The average molecular weight is 521 g/mol. The van der Waals surface area contributed by atoms with Gasteiger partial charge in [0.05, 0.1) is 16.2 Å². The van der Waals surface area contributed by atoms with E-state index in [9.17, 15) is 17.2 Å². The number of ether oxygens (including phenoxy) is 1. The Balaban J connectivity index is 1.54. The van der Waals surface area contributed by atoms with Crippen molar-refractivity contribution in [3.63, 3.8) is 0 Å². The monoisotopic (exact) mass is 520 g/mol. The summed E-state index contributed by atoms with van der Waals surface area (Å²) in [5, 5.41) is 0.314. The van der Waals surface area contributed by atoms with E-state index in [0.29, 0.717) is 28.6 Å². The number of halogens is 3. The minimum Gasteiger partial charge on any atom is -0.435 e. The summed E-state index contributed by atoms with van der Waals surface area (Å²) in [6.07, 6.45) is 3.48. The van der Waals surface area contributed by atoms with E-state index >= 15 is 0 Å². The van der Waals surface area contributed by atoms with Crippen LogP contribution in [0, 0.1) is 11.6 Å². The third-order valence-corrected chi connectivity index (χ3v) is 8.23. The number of rotatable bonds is 5. The molecule has 1 fully saturated rings. The fourth-order valence-corrected chi connectivity index (χ4v) is 6.02. The maximum atomic E-state index is 14.4. The Labute approximate surface area is 207 Å². The Morgan fingerprint density at radius 3 is 2.51 bits per heavy atom. The lowest BCUT2D eigenvalue weighted by Crippen LogP contribution is -2.37. The molecule has 0 radical (unpaired) electrons. The predicted octanol–water partition coefficient (Wildman–Crippen LogP) is 4.94. The normalized spacial score (nSPS) is 16.7. The molecule has 7 nitrogen and oxygen atoms in total. The number of benzene rings is 2. The van der Waals surface area contributed by atoms with Crippen LogP contribution in [-0.4, -0.2) is 42.3 Å². The Hall–Kier alpha value is -2.82. The molecule has 0 atom stereocenters. The van der Waals surface area contributed by atoms with Crippen molar-refractivity contribution in [3.05, 3.63) is 70.4 Å². The molecule has 0 spiro atoms.